The van der Waals surface area contributed by atoms with Crippen LogP contribution in [0.2, 0.25) is 5.02 Å². The molecule has 1 aromatic carbocycles. The first kappa shape index (κ1) is 12.9. The molecule has 18 heavy (non-hydrogen) atoms. The first-order chi connectivity index (χ1) is 8.70. The number of carbonyl (C=O) groups is 1. The predicted molar refractivity (Wildman–Crippen MR) is 76.5 cm³/mol. The Morgan fingerprint density at radius 2 is 2.22 bits per heavy atom. The first-order valence-electron chi connectivity index (χ1n) is 5.47. The smallest absolute Gasteiger partial charge is 0.251 e. The molecule has 3 nitrogen and oxygen atoms in total. The molecule has 2 aromatic rings. The lowest BCUT2D eigenvalue weighted by Crippen LogP contribution is -2.17. The van der Waals surface area contributed by atoms with E-state index >= 15 is 0 Å². The lowest BCUT2D eigenvalue weighted by atomic mass is 10.2. The second-order valence-corrected chi connectivity index (χ2v) is 4.95. The molecule has 0 bridgehead atoms. The van der Waals surface area contributed by atoms with Gasteiger partial charge in [-0.1, -0.05) is 11.6 Å². The maximum Gasteiger partial charge on any atom is 0.251 e. The van der Waals surface area contributed by atoms with E-state index in [0.717, 1.165) is 5.69 Å². The minimum atomic E-state index is -0.120. The maximum atomic E-state index is 11.5. The summed E-state index contributed by atoms with van der Waals surface area (Å²) in [7, 11) is 1.61. The highest BCUT2D eigenvalue weighted by Gasteiger charge is 2.07. The van der Waals surface area contributed by atoms with Crippen LogP contribution in [0.5, 0.6) is 0 Å². The SMILES string of the molecule is CNC(=O)c1ccc(Cl)c(NCc2ccsc2)c1. The number of hydrogen-bond acceptors (Lipinski definition) is 3. The van der Waals surface area contributed by atoms with Crippen LogP contribution in [0.4, 0.5) is 5.69 Å². The van der Waals surface area contributed by atoms with Crippen LogP contribution in [-0.4, -0.2) is 13.0 Å². The van der Waals surface area contributed by atoms with Gasteiger partial charge in [0.1, 0.15) is 0 Å². The molecule has 0 aliphatic heterocycles. The van der Waals surface area contributed by atoms with Gasteiger partial charge in [-0.25, -0.2) is 0 Å². The van der Waals surface area contributed by atoms with Crippen LogP contribution in [0, 0.1) is 0 Å². The normalized spacial score (nSPS) is 10.1. The Balaban J connectivity index is 2.13. The van der Waals surface area contributed by atoms with E-state index in [1.165, 1.54) is 5.56 Å². The third-order valence-corrected chi connectivity index (χ3v) is 3.58. The lowest BCUT2D eigenvalue weighted by molar-refractivity contribution is 0.0963. The zero-order valence-corrected chi connectivity index (χ0v) is 11.4. The van der Waals surface area contributed by atoms with Crippen LogP contribution in [0.15, 0.2) is 35.0 Å². The average Bonchev–Trinajstić information content (AvgIpc) is 2.90. The monoisotopic (exact) mass is 280 g/mol. The zero-order chi connectivity index (χ0) is 13.0. The Labute approximate surface area is 115 Å². The molecule has 0 saturated carbocycles. The van der Waals surface area contributed by atoms with E-state index in [4.69, 9.17) is 11.6 Å². The number of anilines is 1. The van der Waals surface area contributed by atoms with E-state index < -0.39 is 0 Å². The minimum absolute atomic E-state index is 0.120. The number of carbonyl (C=O) groups excluding carboxylic acids is 1. The van der Waals surface area contributed by atoms with Crippen molar-refractivity contribution in [1.82, 2.24) is 5.32 Å². The molecule has 94 valence electrons. The summed E-state index contributed by atoms with van der Waals surface area (Å²) >= 11 is 7.75. The Morgan fingerprint density at radius 1 is 1.39 bits per heavy atom. The van der Waals surface area contributed by atoms with Gasteiger partial charge in [-0.05, 0) is 40.6 Å². The molecule has 0 unspecified atom stereocenters. The second kappa shape index (κ2) is 5.89. The molecule has 2 N–H and O–H groups in total. The Bertz CT molecular complexity index is 540. The fourth-order valence-electron chi connectivity index (χ4n) is 1.54. The number of amides is 1. The molecular weight excluding hydrogens is 268 g/mol. The van der Waals surface area contributed by atoms with Crippen molar-refractivity contribution in [3.63, 3.8) is 0 Å². The Kier molecular flexibility index (Phi) is 4.23. The van der Waals surface area contributed by atoms with Gasteiger partial charge in [0.15, 0.2) is 0 Å². The van der Waals surface area contributed by atoms with Gasteiger partial charge >= 0.3 is 0 Å². The number of nitrogens with one attached hydrogen (secondary N) is 2. The van der Waals surface area contributed by atoms with Crippen molar-refractivity contribution in [2.75, 3.05) is 12.4 Å². The van der Waals surface area contributed by atoms with E-state index in [9.17, 15) is 4.79 Å². The van der Waals surface area contributed by atoms with Crippen molar-refractivity contribution < 1.29 is 4.79 Å². The number of halogens is 1. The van der Waals surface area contributed by atoms with Crippen molar-refractivity contribution in [1.29, 1.82) is 0 Å². The highest BCUT2D eigenvalue weighted by Crippen LogP contribution is 2.24. The fraction of sp³-hybridized carbons (Fsp3) is 0.154. The van der Waals surface area contributed by atoms with Crippen molar-refractivity contribution in [3.8, 4) is 0 Å². The molecule has 0 spiro atoms. The van der Waals surface area contributed by atoms with Crippen LogP contribution in [-0.2, 0) is 6.54 Å². The summed E-state index contributed by atoms with van der Waals surface area (Å²) in [6.45, 7) is 0.695. The van der Waals surface area contributed by atoms with Crippen LogP contribution in [0.3, 0.4) is 0 Å². The van der Waals surface area contributed by atoms with E-state index in [2.05, 4.69) is 16.0 Å². The van der Waals surface area contributed by atoms with E-state index in [-0.39, 0.29) is 5.91 Å². The third kappa shape index (κ3) is 3.03. The highest BCUT2D eigenvalue weighted by molar-refractivity contribution is 7.07. The molecule has 1 amide bonds. The van der Waals surface area contributed by atoms with Crippen molar-refractivity contribution in [3.05, 3.63) is 51.2 Å². The topological polar surface area (TPSA) is 41.1 Å². The van der Waals surface area contributed by atoms with Crippen LogP contribution >= 0.6 is 22.9 Å². The highest BCUT2D eigenvalue weighted by atomic mass is 35.5. The van der Waals surface area contributed by atoms with Gasteiger partial charge in [-0.2, -0.15) is 11.3 Å². The predicted octanol–water partition coefficient (Wildman–Crippen LogP) is 3.37. The van der Waals surface area contributed by atoms with Crippen LogP contribution in [0.1, 0.15) is 15.9 Å². The van der Waals surface area contributed by atoms with E-state index in [1.807, 2.05) is 11.4 Å². The number of benzene rings is 1. The van der Waals surface area contributed by atoms with Gasteiger partial charge in [-0.15, -0.1) is 0 Å². The van der Waals surface area contributed by atoms with Gasteiger partial charge in [-0.3, -0.25) is 4.79 Å². The minimum Gasteiger partial charge on any atom is -0.380 e. The largest absolute Gasteiger partial charge is 0.380 e. The van der Waals surface area contributed by atoms with Crippen molar-refractivity contribution in [2.45, 2.75) is 6.54 Å². The Hall–Kier alpha value is -1.52. The van der Waals surface area contributed by atoms with Gasteiger partial charge in [0.2, 0.25) is 0 Å². The molecule has 5 heteroatoms. The third-order valence-electron chi connectivity index (χ3n) is 2.52. The summed E-state index contributed by atoms with van der Waals surface area (Å²) in [4.78, 5) is 11.5. The number of hydrogen-bond donors (Lipinski definition) is 2. The van der Waals surface area contributed by atoms with E-state index in [0.29, 0.717) is 17.1 Å². The summed E-state index contributed by atoms with van der Waals surface area (Å²) in [5, 5.41) is 10.5. The molecule has 0 saturated heterocycles. The summed E-state index contributed by atoms with van der Waals surface area (Å²) in [6.07, 6.45) is 0. The quantitative estimate of drug-likeness (QED) is 0.901. The fourth-order valence-corrected chi connectivity index (χ4v) is 2.39. The molecule has 0 aliphatic rings. The molecular formula is C13H13ClN2OS. The molecule has 0 atom stereocenters. The second-order valence-electron chi connectivity index (χ2n) is 3.76. The molecule has 1 aromatic heterocycles. The van der Waals surface area contributed by atoms with Gasteiger partial charge in [0.25, 0.3) is 5.91 Å². The van der Waals surface area contributed by atoms with Gasteiger partial charge in [0, 0.05) is 19.2 Å². The summed E-state index contributed by atoms with van der Waals surface area (Å²) < 4.78 is 0. The summed E-state index contributed by atoms with van der Waals surface area (Å²) in [5.74, 6) is -0.120. The molecule has 0 radical (unpaired) electrons. The van der Waals surface area contributed by atoms with Gasteiger partial charge < -0.3 is 10.6 Å². The van der Waals surface area contributed by atoms with Crippen molar-refractivity contribution >= 4 is 34.5 Å². The summed E-state index contributed by atoms with van der Waals surface area (Å²) in [5.41, 5.74) is 2.56. The number of thiophene rings is 1. The average molecular weight is 281 g/mol. The lowest BCUT2D eigenvalue weighted by Gasteiger charge is -2.09. The summed E-state index contributed by atoms with van der Waals surface area (Å²) in [6, 6.07) is 7.24. The van der Waals surface area contributed by atoms with Crippen molar-refractivity contribution in [2.24, 2.45) is 0 Å². The molecule has 1 heterocycles. The molecule has 0 aliphatic carbocycles. The zero-order valence-electron chi connectivity index (χ0n) is 9.87. The van der Waals surface area contributed by atoms with Crippen LogP contribution < -0.4 is 10.6 Å². The molecule has 0 fully saturated rings. The maximum absolute atomic E-state index is 11.5. The Morgan fingerprint density at radius 3 is 2.89 bits per heavy atom. The molecule has 2 rings (SSSR count). The standard InChI is InChI=1S/C13H13ClN2OS/c1-15-13(17)10-2-3-11(14)12(6-10)16-7-9-4-5-18-8-9/h2-6,8,16H,7H2,1H3,(H,15,17). The van der Waals surface area contributed by atoms with Crippen LogP contribution in [0.25, 0.3) is 0 Å². The first-order valence-corrected chi connectivity index (χ1v) is 6.79. The number of rotatable bonds is 4. The van der Waals surface area contributed by atoms with Gasteiger partial charge in [0.05, 0.1) is 10.7 Å². The van der Waals surface area contributed by atoms with E-state index in [1.54, 1.807) is 36.6 Å².